The second-order valence-corrected chi connectivity index (χ2v) is 8.62. The predicted molar refractivity (Wildman–Crippen MR) is 137 cm³/mol. The summed E-state index contributed by atoms with van der Waals surface area (Å²) in [7, 11) is 3.17. The molecule has 4 rings (SSSR count). The highest BCUT2D eigenvalue weighted by atomic mass is 16.5. The molecule has 1 aliphatic rings. The van der Waals surface area contributed by atoms with Gasteiger partial charge in [0.1, 0.15) is 0 Å². The number of aromatic nitrogens is 2. The summed E-state index contributed by atoms with van der Waals surface area (Å²) >= 11 is 0. The highest BCUT2D eigenvalue weighted by Gasteiger charge is 2.21. The molecule has 35 heavy (non-hydrogen) atoms. The van der Waals surface area contributed by atoms with Crippen LogP contribution >= 0.6 is 0 Å². The molecule has 0 saturated carbocycles. The summed E-state index contributed by atoms with van der Waals surface area (Å²) in [5.74, 6) is 0.789. The molecule has 1 aromatic heterocycles. The minimum absolute atomic E-state index is 0.304. The van der Waals surface area contributed by atoms with Gasteiger partial charge in [0.15, 0.2) is 11.5 Å². The van der Waals surface area contributed by atoms with Crippen molar-refractivity contribution in [2.75, 3.05) is 36.5 Å². The number of benzene rings is 2. The van der Waals surface area contributed by atoms with Crippen LogP contribution in [0.15, 0.2) is 39.9 Å². The van der Waals surface area contributed by atoms with Gasteiger partial charge in [-0.1, -0.05) is 0 Å². The lowest BCUT2D eigenvalue weighted by atomic mass is 10.1. The number of nitrogens with one attached hydrogen (secondary N) is 1. The smallest absolute Gasteiger partial charge is 0.316 e. The molecule has 1 fully saturated rings. The number of piperidine rings is 1. The first-order chi connectivity index (χ1) is 16.8. The molecular weight excluding hydrogens is 448 g/mol. The third-order valence-electron chi connectivity index (χ3n) is 6.36. The van der Waals surface area contributed by atoms with Gasteiger partial charge in [0.2, 0.25) is 0 Å². The number of carbonyl (C=O) groups excluding carboxylic acids is 1. The Labute approximate surface area is 203 Å². The molecule has 0 bridgehead atoms. The Morgan fingerprint density at radius 2 is 1.46 bits per heavy atom. The lowest BCUT2D eigenvalue weighted by Gasteiger charge is -2.31. The van der Waals surface area contributed by atoms with Gasteiger partial charge in [0.25, 0.3) is 5.91 Å². The molecule has 1 N–H and O–H groups in total. The largest absolute Gasteiger partial charge is 0.490 e. The number of amides is 1. The standard InChI is InChI=1S/C26H32N4O5/c1-5-34-22-11-10-17(14-23(22)35-6-2)24(31)27-18-15-20-21(29(4)26(33)25(32)28(20)3)16-19(18)30-12-8-7-9-13-30/h10-11,14-16H,5-9,12-13H2,1-4H3,(H,27,31). The van der Waals surface area contributed by atoms with E-state index in [0.717, 1.165) is 38.0 Å². The van der Waals surface area contributed by atoms with Gasteiger partial charge >= 0.3 is 11.1 Å². The van der Waals surface area contributed by atoms with Crippen molar-refractivity contribution in [2.24, 2.45) is 14.1 Å². The van der Waals surface area contributed by atoms with E-state index in [1.165, 1.54) is 9.13 Å². The highest BCUT2D eigenvalue weighted by Crippen LogP contribution is 2.34. The fourth-order valence-electron chi connectivity index (χ4n) is 4.49. The SMILES string of the molecule is CCOc1ccc(C(=O)Nc2cc3c(cc2N2CCCCC2)n(C)c(=O)c(=O)n3C)cc1OCC. The van der Waals surface area contributed by atoms with Gasteiger partial charge in [-0.25, -0.2) is 0 Å². The first kappa shape index (κ1) is 24.4. The maximum Gasteiger partial charge on any atom is 0.316 e. The topological polar surface area (TPSA) is 94.8 Å². The summed E-state index contributed by atoms with van der Waals surface area (Å²) in [5.41, 5.74) is 1.84. The number of nitrogens with zero attached hydrogens (tertiary/aromatic N) is 3. The van der Waals surface area contributed by atoms with Crippen molar-refractivity contribution in [3.63, 3.8) is 0 Å². The Bertz CT molecular complexity index is 1370. The summed E-state index contributed by atoms with van der Waals surface area (Å²) in [6.07, 6.45) is 3.26. The summed E-state index contributed by atoms with van der Waals surface area (Å²) in [4.78, 5) is 40.4. The molecule has 9 heteroatoms. The fourth-order valence-corrected chi connectivity index (χ4v) is 4.49. The Kier molecular flexibility index (Phi) is 7.14. The van der Waals surface area contributed by atoms with Gasteiger partial charge in [-0.15, -0.1) is 0 Å². The van der Waals surface area contributed by atoms with E-state index < -0.39 is 11.1 Å². The van der Waals surface area contributed by atoms with Crippen molar-refractivity contribution in [3.8, 4) is 11.5 Å². The van der Waals surface area contributed by atoms with Crippen molar-refractivity contribution in [1.82, 2.24) is 9.13 Å². The molecule has 0 radical (unpaired) electrons. The number of carbonyl (C=O) groups is 1. The first-order valence-electron chi connectivity index (χ1n) is 12.0. The molecule has 1 aliphatic heterocycles. The molecule has 2 aromatic carbocycles. The highest BCUT2D eigenvalue weighted by molar-refractivity contribution is 6.07. The van der Waals surface area contributed by atoms with Gasteiger partial charge in [0.05, 0.1) is 35.6 Å². The molecule has 2 heterocycles. The second-order valence-electron chi connectivity index (χ2n) is 8.62. The zero-order chi connectivity index (χ0) is 25.1. The van der Waals surface area contributed by atoms with Crippen LogP contribution in [0.4, 0.5) is 11.4 Å². The van der Waals surface area contributed by atoms with Crippen LogP contribution in [0, 0.1) is 0 Å². The molecule has 0 aliphatic carbocycles. The van der Waals surface area contributed by atoms with E-state index in [0.29, 0.717) is 47.0 Å². The van der Waals surface area contributed by atoms with Crippen molar-refractivity contribution >= 4 is 28.3 Å². The van der Waals surface area contributed by atoms with Gasteiger partial charge in [0, 0.05) is 32.7 Å². The van der Waals surface area contributed by atoms with Crippen LogP contribution in [0.25, 0.3) is 11.0 Å². The van der Waals surface area contributed by atoms with E-state index in [1.807, 2.05) is 19.9 Å². The zero-order valence-electron chi connectivity index (χ0n) is 20.7. The average molecular weight is 481 g/mol. The number of aryl methyl sites for hydroxylation is 2. The van der Waals surface area contributed by atoms with Gasteiger partial charge in [-0.3, -0.25) is 14.4 Å². The van der Waals surface area contributed by atoms with Gasteiger partial charge in [-0.2, -0.15) is 0 Å². The predicted octanol–water partition coefficient (Wildman–Crippen LogP) is 3.28. The molecule has 186 valence electrons. The molecule has 0 atom stereocenters. The number of fused-ring (bicyclic) bond motifs is 1. The van der Waals surface area contributed by atoms with Crippen LogP contribution < -0.4 is 30.8 Å². The van der Waals surface area contributed by atoms with Gasteiger partial charge < -0.3 is 28.8 Å². The minimum Gasteiger partial charge on any atom is -0.490 e. The second kappa shape index (κ2) is 10.2. The van der Waals surface area contributed by atoms with E-state index in [4.69, 9.17) is 9.47 Å². The maximum atomic E-state index is 13.3. The number of rotatable bonds is 7. The Morgan fingerprint density at radius 3 is 2.09 bits per heavy atom. The summed E-state index contributed by atoms with van der Waals surface area (Å²) < 4.78 is 14.0. The molecule has 0 spiro atoms. The van der Waals surface area contributed by atoms with E-state index in [9.17, 15) is 14.4 Å². The monoisotopic (exact) mass is 480 g/mol. The van der Waals surface area contributed by atoms with Crippen molar-refractivity contribution in [2.45, 2.75) is 33.1 Å². The zero-order valence-corrected chi connectivity index (χ0v) is 20.7. The van der Waals surface area contributed by atoms with Crippen molar-refractivity contribution in [1.29, 1.82) is 0 Å². The number of hydrogen-bond acceptors (Lipinski definition) is 6. The van der Waals surface area contributed by atoms with Crippen molar-refractivity contribution in [3.05, 3.63) is 56.6 Å². The summed E-state index contributed by atoms with van der Waals surface area (Å²) in [6, 6.07) is 8.76. The fraction of sp³-hybridized carbons (Fsp3) is 0.423. The maximum absolute atomic E-state index is 13.3. The quantitative estimate of drug-likeness (QED) is 0.522. The molecule has 1 amide bonds. The normalized spacial score (nSPS) is 13.7. The van der Waals surface area contributed by atoms with Crippen LogP contribution in [-0.2, 0) is 14.1 Å². The van der Waals surface area contributed by atoms with E-state index in [1.54, 1.807) is 38.4 Å². The third kappa shape index (κ3) is 4.76. The van der Waals surface area contributed by atoms with Crippen molar-refractivity contribution < 1.29 is 14.3 Å². The molecule has 3 aromatic rings. The van der Waals surface area contributed by atoms with Crippen LogP contribution in [0.1, 0.15) is 43.5 Å². The summed E-state index contributed by atoms with van der Waals surface area (Å²) in [6.45, 7) is 6.41. The van der Waals surface area contributed by atoms with Crippen LogP contribution in [-0.4, -0.2) is 41.3 Å². The lowest BCUT2D eigenvalue weighted by Crippen LogP contribution is -2.39. The summed E-state index contributed by atoms with van der Waals surface area (Å²) in [5, 5.41) is 3.04. The lowest BCUT2D eigenvalue weighted by molar-refractivity contribution is 0.102. The molecule has 9 nitrogen and oxygen atoms in total. The number of hydrogen-bond donors (Lipinski definition) is 1. The Hall–Kier alpha value is -3.75. The average Bonchev–Trinajstić information content (AvgIpc) is 2.87. The molecule has 1 saturated heterocycles. The Morgan fingerprint density at radius 1 is 0.857 bits per heavy atom. The minimum atomic E-state index is -0.615. The van der Waals surface area contributed by atoms with E-state index in [2.05, 4.69) is 10.2 Å². The third-order valence-corrected chi connectivity index (χ3v) is 6.36. The molecular formula is C26H32N4O5. The number of ether oxygens (including phenoxy) is 2. The van der Waals surface area contributed by atoms with Crippen LogP contribution in [0.3, 0.4) is 0 Å². The van der Waals surface area contributed by atoms with Crippen LogP contribution in [0.2, 0.25) is 0 Å². The van der Waals surface area contributed by atoms with Crippen LogP contribution in [0.5, 0.6) is 11.5 Å². The van der Waals surface area contributed by atoms with E-state index in [-0.39, 0.29) is 5.91 Å². The Balaban J connectivity index is 1.80. The number of anilines is 2. The first-order valence-corrected chi connectivity index (χ1v) is 12.0. The molecule has 0 unspecified atom stereocenters. The van der Waals surface area contributed by atoms with E-state index >= 15 is 0 Å². The van der Waals surface area contributed by atoms with Gasteiger partial charge in [-0.05, 0) is 63.4 Å².